The highest BCUT2D eigenvalue weighted by Gasteiger charge is 2.10. The summed E-state index contributed by atoms with van der Waals surface area (Å²) in [6, 6.07) is 15.2. The van der Waals surface area contributed by atoms with Gasteiger partial charge in [-0.05, 0) is 62.7 Å². The highest BCUT2D eigenvalue weighted by molar-refractivity contribution is 6.04. The second-order valence-electron chi connectivity index (χ2n) is 5.74. The fourth-order valence-corrected chi connectivity index (χ4v) is 2.60. The molecule has 0 radical (unpaired) electrons. The molecule has 0 fully saturated rings. The number of amides is 1. The number of aliphatic hydroxyl groups excluding tert-OH is 1. The number of carbonyl (C=O) groups is 1. The van der Waals surface area contributed by atoms with Crippen molar-refractivity contribution >= 4 is 17.3 Å². The third kappa shape index (κ3) is 4.33. The molecule has 2 rings (SSSR count). The normalized spacial score (nSPS) is 10.7. The lowest BCUT2D eigenvalue weighted by molar-refractivity contribution is 0.102. The Bertz CT molecular complexity index is 651. The van der Waals surface area contributed by atoms with Crippen LogP contribution in [0.5, 0.6) is 0 Å². The van der Waals surface area contributed by atoms with Gasteiger partial charge in [-0.15, -0.1) is 0 Å². The number of anilines is 2. The molecule has 23 heavy (non-hydrogen) atoms. The molecule has 4 nitrogen and oxygen atoms in total. The minimum absolute atomic E-state index is 0.0412. The first-order chi connectivity index (χ1) is 11.0. The van der Waals surface area contributed by atoms with Gasteiger partial charge in [0.1, 0.15) is 0 Å². The van der Waals surface area contributed by atoms with Crippen molar-refractivity contribution < 1.29 is 9.90 Å². The number of nitrogens with one attached hydrogen (secondary N) is 1. The van der Waals surface area contributed by atoms with E-state index in [4.69, 9.17) is 5.11 Å². The van der Waals surface area contributed by atoms with Crippen molar-refractivity contribution in [1.29, 1.82) is 0 Å². The highest BCUT2D eigenvalue weighted by Crippen LogP contribution is 2.19. The molecule has 0 unspecified atom stereocenters. The summed E-state index contributed by atoms with van der Waals surface area (Å²) in [6.45, 7) is 7.31. The quantitative estimate of drug-likeness (QED) is 0.856. The van der Waals surface area contributed by atoms with Crippen molar-refractivity contribution in [3.05, 3.63) is 59.7 Å². The Labute approximate surface area is 137 Å². The van der Waals surface area contributed by atoms with Crippen LogP contribution in [0.15, 0.2) is 48.5 Å². The van der Waals surface area contributed by atoms with Crippen LogP contribution in [0.2, 0.25) is 0 Å². The summed E-state index contributed by atoms with van der Waals surface area (Å²) in [5.41, 5.74) is 3.18. The van der Waals surface area contributed by atoms with E-state index in [2.05, 4.69) is 31.0 Å². The maximum atomic E-state index is 12.3. The lowest BCUT2D eigenvalue weighted by Gasteiger charge is -2.27. The Morgan fingerprint density at radius 2 is 1.87 bits per heavy atom. The van der Waals surface area contributed by atoms with E-state index in [0.29, 0.717) is 17.3 Å². The molecular weight excluding hydrogens is 288 g/mol. The molecule has 0 saturated heterocycles. The molecule has 0 spiro atoms. The molecule has 0 aliphatic rings. The minimum atomic E-state index is -0.153. The summed E-state index contributed by atoms with van der Waals surface area (Å²) < 4.78 is 0. The number of aliphatic hydroxyl groups is 1. The van der Waals surface area contributed by atoms with E-state index in [9.17, 15) is 4.79 Å². The van der Waals surface area contributed by atoms with Crippen LogP contribution in [0.4, 0.5) is 11.4 Å². The Balaban J connectivity index is 2.10. The fourth-order valence-electron chi connectivity index (χ4n) is 2.60. The van der Waals surface area contributed by atoms with E-state index in [-0.39, 0.29) is 12.5 Å². The maximum Gasteiger partial charge on any atom is 0.255 e. The number of carbonyl (C=O) groups excluding carboxylic acids is 1. The third-order valence-electron chi connectivity index (χ3n) is 3.79. The van der Waals surface area contributed by atoms with Gasteiger partial charge >= 0.3 is 0 Å². The van der Waals surface area contributed by atoms with Gasteiger partial charge < -0.3 is 15.3 Å². The van der Waals surface area contributed by atoms with Crippen molar-refractivity contribution in [1.82, 2.24) is 0 Å². The zero-order valence-electron chi connectivity index (χ0n) is 13.9. The zero-order valence-corrected chi connectivity index (χ0v) is 13.9. The molecule has 2 aromatic rings. The summed E-state index contributed by atoms with van der Waals surface area (Å²) in [5, 5.41) is 12.0. The van der Waals surface area contributed by atoms with Gasteiger partial charge in [0, 0.05) is 29.5 Å². The van der Waals surface area contributed by atoms with Crippen molar-refractivity contribution in [2.45, 2.75) is 33.4 Å². The molecule has 0 aliphatic heterocycles. The topological polar surface area (TPSA) is 52.6 Å². The van der Waals surface area contributed by atoms with Crippen LogP contribution < -0.4 is 10.2 Å². The third-order valence-corrected chi connectivity index (χ3v) is 3.79. The number of nitrogens with zero attached hydrogens (tertiary/aromatic N) is 1. The molecule has 2 aromatic carbocycles. The summed E-state index contributed by atoms with van der Waals surface area (Å²) >= 11 is 0. The molecule has 0 aromatic heterocycles. The molecule has 0 bridgehead atoms. The molecule has 122 valence electrons. The Hall–Kier alpha value is -2.33. The smallest absolute Gasteiger partial charge is 0.255 e. The molecule has 0 saturated carbocycles. The molecule has 2 N–H and O–H groups in total. The van der Waals surface area contributed by atoms with Crippen LogP contribution in [0, 0.1) is 0 Å². The van der Waals surface area contributed by atoms with E-state index >= 15 is 0 Å². The van der Waals surface area contributed by atoms with Gasteiger partial charge in [-0.25, -0.2) is 0 Å². The first-order valence-electron chi connectivity index (χ1n) is 7.93. The van der Waals surface area contributed by atoms with Gasteiger partial charge in [0.15, 0.2) is 0 Å². The number of hydrogen-bond acceptors (Lipinski definition) is 3. The van der Waals surface area contributed by atoms with Crippen molar-refractivity contribution in [2.75, 3.05) is 16.8 Å². The molecule has 0 atom stereocenters. The zero-order chi connectivity index (χ0) is 16.8. The van der Waals surface area contributed by atoms with Gasteiger partial charge in [0.05, 0.1) is 6.61 Å². The summed E-state index contributed by atoms with van der Waals surface area (Å²) in [4.78, 5) is 14.6. The molecular formula is C19H24N2O2. The fraction of sp³-hybridized carbons (Fsp3) is 0.316. The van der Waals surface area contributed by atoms with Gasteiger partial charge in [-0.2, -0.15) is 0 Å². The molecule has 0 aliphatic carbocycles. The summed E-state index contributed by atoms with van der Waals surface area (Å²) in [5.74, 6) is -0.153. The standard InChI is InChI=1S/C19H24N2O2/c1-4-21(14(2)3)18-10-8-16(9-11-18)19(23)20-17-7-5-6-15(12-17)13-22/h5-12,14,22H,4,13H2,1-3H3,(H,20,23). The molecule has 1 amide bonds. The van der Waals surface area contributed by atoms with E-state index < -0.39 is 0 Å². The van der Waals surface area contributed by atoms with Crippen LogP contribution in [0.25, 0.3) is 0 Å². The Morgan fingerprint density at radius 3 is 2.43 bits per heavy atom. The monoisotopic (exact) mass is 312 g/mol. The van der Waals surface area contributed by atoms with Crippen LogP contribution in [-0.4, -0.2) is 23.6 Å². The predicted molar refractivity (Wildman–Crippen MR) is 94.9 cm³/mol. The van der Waals surface area contributed by atoms with E-state index in [1.165, 1.54) is 0 Å². The van der Waals surface area contributed by atoms with Crippen molar-refractivity contribution in [2.24, 2.45) is 0 Å². The first-order valence-corrected chi connectivity index (χ1v) is 7.93. The highest BCUT2D eigenvalue weighted by atomic mass is 16.3. The summed E-state index contributed by atoms with van der Waals surface area (Å²) in [7, 11) is 0. The Kier molecular flexibility index (Phi) is 5.77. The number of hydrogen-bond donors (Lipinski definition) is 2. The maximum absolute atomic E-state index is 12.3. The van der Waals surface area contributed by atoms with Gasteiger partial charge in [-0.3, -0.25) is 4.79 Å². The van der Waals surface area contributed by atoms with Crippen LogP contribution in [0.3, 0.4) is 0 Å². The van der Waals surface area contributed by atoms with Gasteiger partial charge in [-0.1, -0.05) is 12.1 Å². The minimum Gasteiger partial charge on any atom is -0.392 e. The van der Waals surface area contributed by atoms with Crippen molar-refractivity contribution in [3.63, 3.8) is 0 Å². The van der Waals surface area contributed by atoms with Gasteiger partial charge in [0.25, 0.3) is 5.91 Å². The van der Waals surface area contributed by atoms with Crippen LogP contribution >= 0.6 is 0 Å². The number of rotatable bonds is 6. The predicted octanol–water partition coefficient (Wildman–Crippen LogP) is 3.67. The van der Waals surface area contributed by atoms with Crippen LogP contribution in [-0.2, 0) is 6.61 Å². The Morgan fingerprint density at radius 1 is 1.17 bits per heavy atom. The molecule has 0 heterocycles. The molecule has 4 heteroatoms. The second kappa shape index (κ2) is 7.79. The summed E-state index contributed by atoms with van der Waals surface area (Å²) in [6.07, 6.45) is 0. The first kappa shape index (κ1) is 17.0. The number of benzene rings is 2. The lowest BCUT2D eigenvalue weighted by atomic mass is 10.1. The average molecular weight is 312 g/mol. The van der Waals surface area contributed by atoms with E-state index in [0.717, 1.165) is 17.8 Å². The van der Waals surface area contributed by atoms with Crippen LogP contribution in [0.1, 0.15) is 36.7 Å². The largest absolute Gasteiger partial charge is 0.392 e. The van der Waals surface area contributed by atoms with E-state index in [1.807, 2.05) is 42.5 Å². The SMILES string of the molecule is CCN(c1ccc(C(=O)Nc2cccc(CO)c2)cc1)C(C)C. The van der Waals surface area contributed by atoms with E-state index in [1.54, 1.807) is 6.07 Å². The average Bonchev–Trinajstić information content (AvgIpc) is 2.56. The van der Waals surface area contributed by atoms with Gasteiger partial charge in [0.2, 0.25) is 0 Å². The second-order valence-corrected chi connectivity index (χ2v) is 5.74. The lowest BCUT2D eigenvalue weighted by Crippen LogP contribution is -2.30. The van der Waals surface area contributed by atoms with Crippen molar-refractivity contribution in [3.8, 4) is 0 Å².